The zero-order valence-corrected chi connectivity index (χ0v) is 12.2. The molecule has 0 bridgehead atoms. The Morgan fingerprint density at radius 1 is 1.16 bits per heavy atom. The highest BCUT2D eigenvalue weighted by atomic mass is 19.1. The van der Waals surface area contributed by atoms with Gasteiger partial charge in [0, 0.05) is 12.1 Å². The highest BCUT2D eigenvalue weighted by Crippen LogP contribution is 2.28. The second kappa shape index (κ2) is 5.49. The second-order valence-electron chi connectivity index (χ2n) is 6.70. The summed E-state index contributed by atoms with van der Waals surface area (Å²) >= 11 is 0. The van der Waals surface area contributed by atoms with Gasteiger partial charge in [0.1, 0.15) is 5.82 Å². The first-order valence-corrected chi connectivity index (χ1v) is 7.18. The first kappa shape index (κ1) is 14.3. The molecule has 1 saturated carbocycles. The van der Waals surface area contributed by atoms with Crippen molar-refractivity contribution < 1.29 is 4.39 Å². The Morgan fingerprint density at radius 2 is 1.79 bits per heavy atom. The van der Waals surface area contributed by atoms with E-state index in [2.05, 4.69) is 26.1 Å². The first-order valence-electron chi connectivity index (χ1n) is 7.18. The van der Waals surface area contributed by atoms with Crippen molar-refractivity contribution in [3.63, 3.8) is 0 Å². The smallest absolute Gasteiger partial charge is 0.146 e. The molecule has 0 aliphatic heterocycles. The van der Waals surface area contributed by atoms with Gasteiger partial charge in [-0.3, -0.25) is 0 Å². The molecule has 2 nitrogen and oxygen atoms in total. The number of benzene rings is 1. The minimum Gasteiger partial charge on any atom is -0.380 e. The van der Waals surface area contributed by atoms with Gasteiger partial charge < -0.3 is 11.1 Å². The number of nitrogens with two attached hydrogens (primary N) is 1. The van der Waals surface area contributed by atoms with Gasteiger partial charge in [-0.2, -0.15) is 0 Å². The summed E-state index contributed by atoms with van der Waals surface area (Å²) in [6, 6.07) is 6.21. The molecule has 1 aliphatic carbocycles. The number of hydrogen-bond acceptors (Lipinski definition) is 2. The number of anilines is 1. The highest BCUT2D eigenvalue weighted by molar-refractivity contribution is 5.48. The van der Waals surface area contributed by atoms with Crippen LogP contribution in [-0.4, -0.2) is 12.1 Å². The predicted molar refractivity (Wildman–Crippen MR) is 79.0 cm³/mol. The number of halogens is 1. The van der Waals surface area contributed by atoms with E-state index in [4.69, 9.17) is 5.73 Å². The SMILES string of the molecule is CC(C)(C)c1ccc(NC2CCC(N)CC2)c(F)c1. The standard InChI is InChI=1S/C16H25FN2/c1-16(2,3)11-4-9-15(14(17)10-11)19-13-7-5-12(18)6-8-13/h4,9-10,12-13,19H,5-8,18H2,1-3H3. The van der Waals surface area contributed by atoms with Crippen molar-refractivity contribution in [2.24, 2.45) is 5.73 Å². The van der Waals surface area contributed by atoms with Gasteiger partial charge in [-0.15, -0.1) is 0 Å². The van der Waals surface area contributed by atoms with Crippen molar-refractivity contribution in [2.45, 2.75) is 64.0 Å². The lowest BCUT2D eigenvalue weighted by Gasteiger charge is -2.28. The van der Waals surface area contributed by atoms with Crippen molar-refractivity contribution in [2.75, 3.05) is 5.32 Å². The molecule has 1 aliphatic rings. The van der Waals surface area contributed by atoms with Crippen LogP contribution < -0.4 is 11.1 Å². The van der Waals surface area contributed by atoms with Crippen LogP contribution in [0.2, 0.25) is 0 Å². The molecule has 0 spiro atoms. The van der Waals surface area contributed by atoms with Gasteiger partial charge in [-0.1, -0.05) is 26.8 Å². The fourth-order valence-corrected chi connectivity index (χ4v) is 2.58. The third-order valence-electron chi connectivity index (χ3n) is 3.97. The summed E-state index contributed by atoms with van der Waals surface area (Å²) in [6.07, 6.45) is 4.11. The Kier molecular flexibility index (Phi) is 4.14. The third kappa shape index (κ3) is 3.69. The average Bonchev–Trinajstić information content (AvgIpc) is 2.33. The van der Waals surface area contributed by atoms with Crippen LogP contribution in [0.5, 0.6) is 0 Å². The zero-order chi connectivity index (χ0) is 14.0. The molecule has 0 radical (unpaired) electrons. The molecule has 3 heteroatoms. The molecule has 0 unspecified atom stereocenters. The molecule has 3 N–H and O–H groups in total. The van der Waals surface area contributed by atoms with E-state index < -0.39 is 0 Å². The molecular weight excluding hydrogens is 239 g/mol. The van der Waals surface area contributed by atoms with E-state index >= 15 is 0 Å². The quantitative estimate of drug-likeness (QED) is 0.852. The Labute approximate surface area is 115 Å². The van der Waals surface area contributed by atoms with Gasteiger partial charge in [-0.05, 0) is 48.8 Å². The van der Waals surface area contributed by atoms with Crippen molar-refractivity contribution in [1.29, 1.82) is 0 Å². The molecular formula is C16H25FN2. The molecule has 0 heterocycles. The molecule has 1 aromatic rings. The van der Waals surface area contributed by atoms with E-state index in [9.17, 15) is 4.39 Å². The number of nitrogens with one attached hydrogen (secondary N) is 1. The molecule has 0 amide bonds. The second-order valence-corrected chi connectivity index (χ2v) is 6.70. The van der Waals surface area contributed by atoms with Gasteiger partial charge in [0.15, 0.2) is 0 Å². The van der Waals surface area contributed by atoms with Crippen molar-refractivity contribution in [3.8, 4) is 0 Å². The summed E-state index contributed by atoms with van der Waals surface area (Å²) in [6.45, 7) is 6.28. The molecule has 106 valence electrons. The van der Waals surface area contributed by atoms with Crippen LogP contribution in [-0.2, 0) is 5.41 Å². The summed E-state index contributed by atoms with van der Waals surface area (Å²) < 4.78 is 14.1. The lowest BCUT2D eigenvalue weighted by molar-refractivity contribution is 0.410. The highest BCUT2D eigenvalue weighted by Gasteiger charge is 2.20. The minimum absolute atomic E-state index is 0.0169. The topological polar surface area (TPSA) is 38.0 Å². The minimum atomic E-state index is -0.151. The van der Waals surface area contributed by atoms with Crippen LogP contribution in [0.15, 0.2) is 18.2 Å². The Hall–Kier alpha value is -1.09. The Bertz CT molecular complexity index is 429. The largest absolute Gasteiger partial charge is 0.380 e. The Morgan fingerprint density at radius 3 is 2.32 bits per heavy atom. The zero-order valence-electron chi connectivity index (χ0n) is 12.2. The van der Waals surface area contributed by atoms with Crippen molar-refractivity contribution in [1.82, 2.24) is 0 Å². The van der Waals surface area contributed by atoms with Crippen LogP contribution in [0.4, 0.5) is 10.1 Å². The van der Waals surface area contributed by atoms with Gasteiger partial charge in [-0.25, -0.2) is 4.39 Å². The van der Waals surface area contributed by atoms with Gasteiger partial charge in [0.25, 0.3) is 0 Å². The molecule has 1 fully saturated rings. The van der Waals surface area contributed by atoms with Gasteiger partial charge in [0.05, 0.1) is 5.69 Å². The van der Waals surface area contributed by atoms with E-state index in [1.165, 1.54) is 0 Å². The number of hydrogen-bond donors (Lipinski definition) is 2. The van der Waals surface area contributed by atoms with Crippen molar-refractivity contribution >= 4 is 5.69 Å². The van der Waals surface area contributed by atoms with E-state index in [0.29, 0.717) is 17.8 Å². The monoisotopic (exact) mass is 264 g/mol. The molecule has 2 rings (SSSR count). The fraction of sp³-hybridized carbons (Fsp3) is 0.625. The van der Waals surface area contributed by atoms with E-state index in [1.54, 1.807) is 6.07 Å². The average molecular weight is 264 g/mol. The predicted octanol–water partition coefficient (Wildman–Crippen LogP) is 3.81. The number of rotatable bonds is 2. The summed E-state index contributed by atoms with van der Waals surface area (Å²) in [5.74, 6) is -0.151. The lowest BCUT2D eigenvalue weighted by Crippen LogP contribution is -2.33. The maximum atomic E-state index is 14.1. The Balaban J connectivity index is 2.05. The maximum absolute atomic E-state index is 14.1. The van der Waals surface area contributed by atoms with Crippen LogP contribution in [0.1, 0.15) is 52.0 Å². The van der Waals surface area contributed by atoms with Gasteiger partial charge >= 0.3 is 0 Å². The van der Waals surface area contributed by atoms with Crippen LogP contribution in [0.3, 0.4) is 0 Å². The van der Waals surface area contributed by atoms with E-state index in [1.807, 2.05) is 12.1 Å². The normalized spacial score (nSPS) is 24.3. The van der Waals surface area contributed by atoms with Gasteiger partial charge in [0.2, 0.25) is 0 Å². The first-order chi connectivity index (χ1) is 8.86. The lowest BCUT2D eigenvalue weighted by atomic mass is 9.87. The van der Waals surface area contributed by atoms with Crippen LogP contribution in [0, 0.1) is 5.82 Å². The fourth-order valence-electron chi connectivity index (χ4n) is 2.58. The molecule has 0 atom stereocenters. The van der Waals surface area contributed by atoms with Crippen LogP contribution >= 0.6 is 0 Å². The molecule has 1 aromatic carbocycles. The summed E-state index contributed by atoms with van der Waals surface area (Å²) in [4.78, 5) is 0. The molecule has 19 heavy (non-hydrogen) atoms. The third-order valence-corrected chi connectivity index (χ3v) is 3.97. The molecule has 0 aromatic heterocycles. The summed E-state index contributed by atoms with van der Waals surface area (Å²) in [7, 11) is 0. The molecule has 0 saturated heterocycles. The maximum Gasteiger partial charge on any atom is 0.146 e. The van der Waals surface area contributed by atoms with Crippen LogP contribution in [0.25, 0.3) is 0 Å². The summed E-state index contributed by atoms with van der Waals surface area (Å²) in [5.41, 5.74) is 7.52. The van der Waals surface area contributed by atoms with E-state index in [0.717, 1.165) is 31.2 Å². The van der Waals surface area contributed by atoms with Crippen molar-refractivity contribution in [3.05, 3.63) is 29.6 Å². The van der Waals surface area contributed by atoms with E-state index in [-0.39, 0.29) is 11.2 Å². The summed E-state index contributed by atoms with van der Waals surface area (Å²) in [5, 5.41) is 3.32.